The standard InChI is InChI=1S/C15H22N2O2/c1-3-16-9-10-17(11-13(16)2)15(18)19-12-14-7-5-4-6-8-14/h4-8,13H,3,9-12H2,1-2H3. The minimum atomic E-state index is -0.202. The predicted molar refractivity (Wildman–Crippen MR) is 74.9 cm³/mol. The van der Waals surface area contributed by atoms with Crippen molar-refractivity contribution >= 4 is 6.09 Å². The van der Waals surface area contributed by atoms with Gasteiger partial charge in [0.2, 0.25) is 0 Å². The number of benzene rings is 1. The first-order valence-electron chi connectivity index (χ1n) is 6.90. The first-order chi connectivity index (χ1) is 9.20. The van der Waals surface area contributed by atoms with Crippen molar-refractivity contribution < 1.29 is 9.53 Å². The second kappa shape index (κ2) is 6.57. The number of amides is 1. The number of rotatable bonds is 3. The van der Waals surface area contributed by atoms with Crippen molar-refractivity contribution in [2.45, 2.75) is 26.5 Å². The molecule has 0 aromatic heterocycles. The van der Waals surface area contributed by atoms with Crippen molar-refractivity contribution in [2.24, 2.45) is 0 Å². The molecule has 1 amide bonds. The molecule has 1 unspecified atom stereocenters. The van der Waals surface area contributed by atoms with Crippen LogP contribution in [0.5, 0.6) is 0 Å². The van der Waals surface area contributed by atoms with E-state index in [9.17, 15) is 4.79 Å². The van der Waals surface area contributed by atoms with Gasteiger partial charge in [-0.3, -0.25) is 4.90 Å². The molecule has 1 aliphatic heterocycles. The number of nitrogens with zero attached hydrogens (tertiary/aromatic N) is 2. The highest BCUT2D eigenvalue weighted by Crippen LogP contribution is 2.11. The monoisotopic (exact) mass is 262 g/mol. The molecule has 1 saturated heterocycles. The molecular formula is C15H22N2O2. The van der Waals surface area contributed by atoms with E-state index >= 15 is 0 Å². The quantitative estimate of drug-likeness (QED) is 0.838. The zero-order chi connectivity index (χ0) is 13.7. The summed E-state index contributed by atoms with van der Waals surface area (Å²) in [7, 11) is 0. The third-order valence-corrected chi connectivity index (χ3v) is 3.63. The zero-order valence-corrected chi connectivity index (χ0v) is 11.7. The molecule has 1 heterocycles. The molecule has 1 aliphatic rings. The van der Waals surface area contributed by atoms with Crippen LogP contribution in [0.25, 0.3) is 0 Å². The van der Waals surface area contributed by atoms with Crippen LogP contribution < -0.4 is 0 Å². The average Bonchev–Trinajstić information content (AvgIpc) is 2.45. The highest BCUT2D eigenvalue weighted by atomic mass is 16.6. The van der Waals surface area contributed by atoms with Crippen LogP contribution in [0, 0.1) is 0 Å². The van der Waals surface area contributed by atoms with Gasteiger partial charge < -0.3 is 9.64 Å². The minimum Gasteiger partial charge on any atom is -0.445 e. The Morgan fingerprint density at radius 1 is 1.32 bits per heavy atom. The van der Waals surface area contributed by atoms with Crippen molar-refractivity contribution in [3.63, 3.8) is 0 Å². The van der Waals surface area contributed by atoms with Crippen LogP contribution in [-0.4, -0.2) is 48.1 Å². The van der Waals surface area contributed by atoms with E-state index in [-0.39, 0.29) is 6.09 Å². The van der Waals surface area contributed by atoms with E-state index < -0.39 is 0 Å². The van der Waals surface area contributed by atoms with Gasteiger partial charge >= 0.3 is 6.09 Å². The highest BCUT2D eigenvalue weighted by Gasteiger charge is 2.26. The van der Waals surface area contributed by atoms with Gasteiger partial charge in [-0.05, 0) is 19.0 Å². The number of piperazine rings is 1. The number of likely N-dealkylation sites (N-methyl/N-ethyl adjacent to an activating group) is 1. The highest BCUT2D eigenvalue weighted by molar-refractivity contribution is 5.67. The molecule has 19 heavy (non-hydrogen) atoms. The topological polar surface area (TPSA) is 32.8 Å². The molecule has 0 radical (unpaired) electrons. The van der Waals surface area contributed by atoms with Crippen LogP contribution in [0.4, 0.5) is 4.79 Å². The summed E-state index contributed by atoms with van der Waals surface area (Å²) < 4.78 is 5.35. The number of hydrogen-bond donors (Lipinski definition) is 0. The molecule has 2 rings (SSSR count). The van der Waals surface area contributed by atoms with E-state index in [1.54, 1.807) is 4.90 Å². The van der Waals surface area contributed by atoms with Crippen LogP contribution in [-0.2, 0) is 11.3 Å². The molecular weight excluding hydrogens is 240 g/mol. The minimum absolute atomic E-state index is 0.202. The van der Waals surface area contributed by atoms with Crippen LogP contribution in [0.15, 0.2) is 30.3 Å². The first-order valence-corrected chi connectivity index (χ1v) is 6.90. The Morgan fingerprint density at radius 3 is 2.68 bits per heavy atom. The summed E-state index contributed by atoms with van der Waals surface area (Å²) in [5.74, 6) is 0. The van der Waals surface area contributed by atoms with Crippen LogP contribution >= 0.6 is 0 Å². The Labute approximate surface area is 115 Å². The Morgan fingerprint density at radius 2 is 2.05 bits per heavy atom. The van der Waals surface area contributed by atoms with Gasteiger partial charge in [-0.1, -0.05) is 37.3 Å². The lowest BCUT2D eigenvalue weighted by molar-refractivity contribution is 0.0537. The fourth-order valence-electron chi connectivity index (χ4n) is 2.44. The van der Waals surface area contributed by atoms with E-state index in [2.05, 4.69) is 18.7 Å². The molecule has 4 heteroatoms. The van der Waals surface area contributed by atoms with E-state index in [1.165, 1.54) is 0 Å². The maximum atomic E-state index is 12.0. The summed E-state index contributed by atoms with van der Waals surface area (Å²) in [6, 6.07) is 10.2. The Balaban J connectivity index is 1.81. The molecule has 0 aliphatic carbocycles. The Hall–Kier alpha value is -1.55. The molecule has 4 nitrogen and oxygen atoms in total. The van der Waals surface area contributed by atoms with Gasteiger partial charge in [0.25, 0.3) is 0 Å². The fourth-order valence-corrected chi connectivity index (χ4v) is 2.44. The van der Waals surface area contributed by atoms with Gasteiger partial charge in [-0.2, -0.15) is 0 Å². The molecule has 0 spiro atoms. The second-order valence-corrected chi connectivity index (χ2v) is 4.96. The van der Waals surface area contributed by atoms with E-state index in [0.29, 0.717) is 12.6 Å². The van der Waals surface area contributed by atoms with Gasteiger partial charge in [0.1, 0.15) is 6.61 Å². The first kappa shape index (κ1) is 13.9. The van der Waals surface area contributed by atoms with E-state index in [1.807, 2.05) is 30.3 Å². The largest absolute Gasteiger partial charge is 0.445 e. The summed E-state index contributed by atoms with van der Waals surface area (Å²) in [6.45, 7) is 8.13. The van der Waals surface area contributed by atoms with Gasteiger partial charge in [-0.15, -0.1) is 0 Å². The van der Waals surface area contributed by atoms with Crippen molar-refractivity contribution in [3.8, 4) is 0 Å². The number of carbonyl (C=O) groups excluding carboxylic acids is 1. The van der Waals surface area contributed by atoms with Crippen LogP contribution in [0.1, 0.15) is 19.4 Å². The average molecular weight is 262 g/mol. The number of carbonyl (C=O) groups is 1. The van der Waals surface area contributed by atoms with Gasteiger partial charge in [0.05, 0.1) is 0 Å². The third-order valence-electron chi connectivity index (χ3n) is 3.63. The van der Waals surface area contributed by atoms with Gasteiger partial charge in [0, 0.05) is 25.7 Å². The van der Waals surface area contributed by atoms with Gasteiger partial charge in [-0.25, -0.2) is 4.79 Å². The fraction of sp³-hybridized carbons (Fsp3) is 0.533. The summed E-state index contributed by atoms with van der Waals surface area (Å²) in [5.41, 5.74) is 1.02. The second-order valence-electron chi connectivity index (χ2n) is 4.96. The molecule has 1 aromatic carbocycles. The maximum absolute atomic E-state index is 12.0. The van der Waals surface area contributed by atoms with Crippen LogP contribution in [0.3, 0.4) is 0 Å². The lowest BCUT2D eigenvalue weighted by atomic mass is 10.2. The third kappa shape index (κ3) is 3.70. The number of hydrogen-bond acceptors (Lipinski definition) is 3. The zero-order valence-electron chi connectivity index (χ0n) is 11.7. The van der Waals surface area contributed by atoms with Crippen molar-refractivity contribution in [2.75, 3.05) is 26.2 Å². The smallest absolute Gasteiger partial charge is 0.410 e. The summed E-state index contributed by atoms with van der Waals surface area (Å²) in [4.78, 5) is 16.2. The molecule has 1 atom stereocenters. The molecule has 1 fully saturated rings. The predicted octanol–water partition coefficient (Wildman–Crippen LogP) is 2.35. The molecule has 1 aromatic rings. The number of ether oxygens (including phenoxy) is 1. The lowest BCUT2D eigenvalue weighted by Crippen LogP contribution is -2.53. The Kier molecular flexibility index (Phi) is 4.80. The molecule has 0 bridgehead atoms. The summed E-state index contributed by atoms with van der Waals surface area (Å²) in [5, 5.41) is 0. The summed E-state index contributed by atoms with van der Waals surface area (Å²) in [6.07, 6.45) is -0.202. The maximum Gasteiger partial charge on any atom is 0.410 e. The van der Waals surface area contributed by atoms with Crippen molar-refractivity contribution in [1.82, 2.24) is 9.80 Å². The van der Waals surface area contributed by atoms with Crippen LogP contribution in [0.2, 0.25) is 0 Å². The van der Waals surface area contributed by atoms with E-state index in [0.717, 1.165) is 31.7 Å². The normalized spacial score (nSPS) is 20.3. The van der Waals surface area contributed by atoms with Crippen molar-refractivity contribution in [3.05, 3.63) is 35.9 Å². The molecule has 0 saturated carbocycles. The van der Waals surface area contributed by atoms with E-state index in [4.69, 9.17) is 4.74 Å². The van der Waals surface area contributed by atoms with Gasteiger partial charge in [0.15, 0.2) is 0 Å². The summed E-state index contributed by atoms with van der Waals surface area (Å²) >= 11 is 0. The molecule has 104 valence electrons. The molecule has 0 N–H and O–H groups in total. The SMILES string of the molecule is CCN1CCN(C(=O)OCc2ccccc2)CC1C. The van der Waals surface area contributed by atoms with Crippen molar-refractivity contribution in [1.29, 1.82) is 0 Å². The Bertz CT molecular complexity index is 408. The lowest BCUT2D eigenvalue weighted by Gasteiger charge is -2.38.